The smallest absolute Gasteiger partial charge is 0.354 e. The third kappa shape index (κ3) is 3.61. The lowest BCUT2D eigenvalue weighted by Crippen LogP contribution is -2.43. The van der Waals surface area contributed by atoms with Gasteiger partial charge < -0.3 is 10.6 Å². The van der Waals surface area contributed by atoms with Crippen LogP contribution in [0.15, 0.2) is 24.3 Å². The Morgan fingerprint density at radius 3 is 2.59 bits per heavy atom. The number of halogens is 3. The molecule has 0 radical (unpaired) electrons. The van der Waals surface area contributed by atoms with Gasteiger partial charge in [-0.1, -0.05) is 25.1 Å². The summed E-state index contributed by atoms with van der Waals surface area (Å²) < 4.78 is 38.4. The van der Waals surface area contributed by atoms with Gasteiger partial charge in [-0.05, 0) is 37.9 Å². The molecule has 22 heavy (non-hydrogen) atoms. The zero-order valence-electron chi connectivity index (χ0n) is 12.8. The van der Waals surface area contributed by atoms with E-state index in [0.29, 0.717) is 24.9 Å². The third-order valence-electron chi connectivity index (χ3n) is 4.05. The molecular formula is C16H21F3N2O. The Balaban J connectivity index is 2.09. The van der Waals surface area contributed by atoms with Gasteiger partial charge in [0.2, 0.25) is 5.91 Å². The van der Waals surface area contributed by atoms with Crippen molar-refractivity contribution in [2.75, 3.05) is 13.1 Å². The highest BCUT2D eigenvalue weighted by Crippen LogP contribution is 2.49. The summed E-state index contributed by atoms with van der Waals surface area (Å²) >= 11 is 0. The molecule has 0 saturated heterocycles. The highest BCUT2D eigenvalue weighted by molar-refractivity contribution is 5.91. The molecular weight excluding hydrogens is 293 g/mol. The van der Waals surface area contributed by atoms with Gasteiger partial charge in [-0.15, -0.1) is 0 Å². The van der Waals surface area contributed by atoms with Crippen LogP contribution in [0, 0.1) is 0 Å². The van der Waals surface area contributed by atoms with Gasteiger partial charge in [0.25, 0.3) is 0 Å². The van der Waals surface area contributed by atoms with Crippen LogP contribution in [-0.4, -0.2) is 25.0 Å². The number of carbonyl (C=O) groups excluding carboxylic acids is 1. The molecule has 1 aliphatic rings. The zero-order chi connectivity index (χ0) is 16.4. The number of amides is 1. The Kier molecular flexibility index (Phi) is 4.80. The molecule has 1 atom stereocenters. The number of benzene rings is 1. The number of hydrogen-bond acceptors (Lipinski definition) is 2. The van der Waals surface area contributed by atoms with E-state index in [1.54, 1.807) is 6.07 Å². The molecule has 2 rings (SSSR count). The first-order chi connectivity index (χ1) is 10.3. The molecule has 6 heteroatoms. The second-order valence-electron chi connectivity index (χ2n) is 5.83. The van der Waals surface area contributed by atoms with Crippen LogP contribution in [0.3, 0.4) is 0 Å². The van der Waals surface area contributed by atoms with Crippen molar-refractivity contribution in [3.63, 3.8) is 0 Å². The van der Waals surface area contributed by atoms with Crippen LogP contribution in [0.1, 0.15) is 37.8 Å². The summed E-state index contributed by atoms with van der Waals surface area (Å²) in [5.41, 5.74) is -1.03. The zero-order valence-corrected chi connectivity index (χ0v) is 12.8. The fourth-order valence-electron chi connectivity index (χ4n) is 2.60. The van der Waals surface area contributed by atoms with Crippen molar-refractivity contribution in [3.05, 3.63) is 35.4 Å². The number of alkyl halides is 3. The van der Waals surface area contributed by atoms with Crippen molar-refractivity contribution < 1.29 is 18.0 Å². The van der Waals surface area contributed by atoms with E-state index in [2.05, 4.69) is 10.6 Å². The van der Waals surface area contributed by atoms with Crippen molar-refractivity contribution in [2.24, 2.45) is 0 Å². The van der Waals surface area contributed by atoms with Crippen LogP contribution in [0.25, 0.3) is 0 Å². The lowest BCUT2D eigenvalue weighted by Gasteiger charge is -2.19. The molecule has 1 aromatic rings. The van der Waals surface area contributed by atoms with Gasteiger partial charge in [0.1, 0.15) is 0 Å². The van der Waals surface area contributed by atoms with Gasteiger partial charge in [0, 0.05) is 12.6 Å². The first-order valence-corrected chi connectivity index (χ1v) is 7.49. The first-order valence-electron chi connectivity index (χ1n) is 7.49. The predicted molar refractivity (Wildman–Crippen MR) is 78.5 cm³/mol. The van der Waals surface area contributed by atoms with Gasteiger partial charge >= 0.3 is 6.18 Å². The van der Waals surface area contributed by atoms with E-state index >= 15 is 0 Å². The number of rotatable bonds is 6. The lowest BCUT2D eigenvalue weighted by molar-refractivity contribution is -0.137. The van der Waals surface area contributed by atoms with E-state index in [0.717, 1.165) is 18.7 Å². The Bertz CT molecular complexity index is 538. The second kappa shape index (κ2) is 6.28. The summed E-state index contributed by atoms with van der Waals surface area (Å²) in [6.45, 7) is 5.19. The summed E-state index contributed by atoms with van der Waals surface area (Å²) in [6.07, 6.45) is -3.20. The molecule has 0 aliphatic heterocycles. The quantitative estimate of drug-likeness (QED) is 0.848. The van der Waals surface area contributed by atoms with Crippen molar-refractivity contribution in [2.45, 2.75) is 44.3 Å². The SMILES string of the molecule is CCN[C@H](C)CNC(=O)C1(c2cccc(C(F)(F)F)c2)CC1. The van der Waals surface area contributed by atoms with Gasteiger partial charge in [-0.25, -0.2) is 0 Å². The minimum Gasteiger partial charge on any atom is -0.354 e. The van der Waals surface area contributed by atoms with E-state index in [9.17, 15) is 18.0 Å². The highest BCUT2D eigenvalue weighted by atomic mass is 19.4. The standard InChI is InChI=1S/C16H21F3N2O/c1-3-20-11(2)10-21-14(22)15(7-8-15)12-5-4-6-13(9-12)16(17,18)19/h4-6,9,11,20H,3,7-8,10H2,1-2H3,(H,21,22)/t11-/m1/s1. The Labute approximate surface area is 128 Å². The first kappa shape index (κ1) is 16.8. The van der Waals surface area contributed by atoms with Crippen molar-refractivity contribution in [3.8, 4) is 0 Å². The van der Waals surface area contributed by atoms with Crippen LogP contribution in [-0.2, 0) is 16.4 Å². The number of carbonyl (C=O) groups is 1. The van der Waals surface area contributed by atoms with Crippen LogP contribution >= 0.6 is 0 Å². The summed E-state index contributed by atoms with van der Waals surface area (Å²) in [5.74, 6) is -0.184. The minimum atomic E-state index is -4.39. The molecule has 0 unspecified atom stereocenters. The van der Waals surface area contributed by atoms with Crippen LogP contribution in [0.4, 0.5) is 13.2 Å². The van der Waals surface area contributed by atoms with Crippen LogP contribution in [0.5, 0.6) is 0 Å². The largest absolute Gasteiger partial charge is 0.416 e. The van der Waals surface area contributed by atoms with E-state index in [-0.39, 0.29) is 11.9 Å². The van der Waals surface area contributed by atoms with Crippen molar-refractivity contribution >= 4 is 5.91 Å². The summed E-state index contributed by atoms with van der Waals surface area (Å²) in [7, 11) is 0. The van der Waals surface area contributed by atoms with E-state index in [1.165, 1.54) is 6.07 Å². The molecule has 1 amide bonds. The lowest BCUT2D eigenvalue weighted by atomic mass is 9.93. The van der Waals surface area contributed by atoms with E-state index < -0.39 is 17.2 Å². The van der Waals surface area contributed by atoms with Crippen LogP contribution in [0.2, 0.25) is 0 Å². The van der Waals surface area contributed by atoms with Crippen molar-refractivity contribution in [1.29, 1.82) is 0 Å². The maximum absolute atomic E-state index is 12.8. The average molecular weight is 314 g/mol. The average Bonchev–Trinajstić information content (AvgIpc) is 3.26. The number of nitrogens with one attached hydrogen (secondary N) is 2. The van der Waals surface area contributed by atoms with E-state index in [1.807, 2.05) is 13.8 Å². The third-order valence-corrected chi connectivity index (χ3v) is 4.05. The molecule has 1 aliphatic carbocycles. The Morgan fingerprint density at radius 1 is 1.36 bits per heavy atom. The molecule has 0 spiro atoms. The summed E-state index contributed by atoms with van der Waals surface area (Å²) in [5, 5.41) is 6.02. The topological polar surface area (TPSA) is 41.1 Å². The second-order valence-corrected chi connectivity index (χ2v) is 5.83. The molecule has 1 fully saturated rings. The predicted octanol–water partition coefficient (Wildman–Crippen LogP) is 2.85. The summed E-state index contributed by atoms with van der Waals surface area (Å²) in [6, 6.07) is 5.24. The van der Waals surface area contributed by atoms with Crippen LogP contribution < -0.4 is 10.6 Å². The molecule has 0 heterocycles. The molecule has 3 nitrogen and oxygen atoms in total. The van der Waals surface area contributed by atoms with Gasteiger partial charge in [0.05, 0.1) is 11.0 Å². The van der Waals surface area contributed by atoms with Crippen molar-refractivity contribution in [1.82, 2.24) is 10.6 Å². The molecule has 1 saturated carbocycles. The van der Waals surface area contributed by atoms with Gasteiger partial charge in [0.15, 0.2) is 0 Å². The Hall–Kier alpha value is -1.56. The van der Waals surface area contributed by atoms with Gasteiger partial charge in [-0.2, -0.15) is 13.2 Å². The fourth-order valence-corrected chi connectivity index (χ4v) is 2.60. The molecule has 122 valence electrons. The highest BCUT2D eigenvalue weighted by Gasteiger charge is 2.51. The number of likely N-dealkylation sites (N-methyl/N-ethyl adjacent to an activating group) is 1. The van der Waals surface area contributed by atoms with E-state index in [4.69, 9.17) is 0 Å². The maximum atomic E-state index is 12.8. The minimum absolute atomic E-state index is 0.131. The molecule has 2 N–H and O–H groups in total. The monoisotopic (exact) mass is 314 g/mol. The summed E-state index contributed by atoms with van der Waals surface area (Å²) in [4.78, 5) is 12.4. The fraction of sp³-hybridized carbons (Fsp3) is 0.562. The maximum Gasteiger partial charge on any atom is 0.416 e. The number of hydrogen-bond donors (Lipinski definition) is 2. The van der Waals surface area contributed by atoms with Gasteiger partial charge in [-0.3, -0.25) is 4.79 Å². The molecule has 0 bridgehead atoms. The normalized spacial score (nSPS) is 17.9. The molecule has 1 aromatic carbocycles. The molecule has 0 aromatic heterocycles. The Morgan fingerprint density at radius 2 is 2.05 bits per heavy atom.